The van der Waals surface area contributed by atoms with Gasteiger partial charge in [0.15, 0.2) is 5.82 Å². The first-order valence-electron chi connectivity index (χ1n) is 5.62. The largest absolute Gasteiger partial charge is 0.416 e. The van der Waals surface area contributed by atoms with E-state index >= 15 is 0 Å². The predicted octanol–water partition coefficient (Wildman–Crippen LogP) is 3.29. The molecule has 0 aliphatic carbocycles. The lowest BCUT2D eigenvalue weighted by atomic mass is 10.1. The number of nitrogens with two attached hydrogens (primary N) is 1. The number of halogens is 3. The Kier molecular flexibility index (Phi) is 2.96. The van der Waals surface area contributed by atoms with Crippen LogP contribution in [0.2, 0.25) is 0 Å². The summed E-state index contributed by atoms with van der Waals surface area (Å²) in [6.45, 7) is 4.64. The second-order valence-electron chi connectivity index (χ2n) is 4.69. The molecule has 0 saturated carbocycles. The molecule has 1 heterocycles. The highest BCUT2D eigenvalue weighted by atomic mass is 19.4. The van der Waals surface area contributed by atoms with Crippen LogP contribution in [0.15, 0.2) is 18.2 Å². The van der Waals surface area contributed by atoms with Crippen LogP contribution in [0.1, 0.15) is 19.4 Å². The molecular formula is C12H14F3N3. The van der Waals surface area contributed by atoms with E-state index in [2.05, 4.69) is 5.10 Å². The van der Waals surface area contributed by atoms with Gasteiger partial charge in [-0.3, -0.25) is 4.68 Å². The summed E-state index contributed by atoms with van der Waals surface area (Å²) in [5, 5.41) is 4.43. The standard InChI is InChI=1S/C12H14F3N3/c1-7(2)6-18-10-4-3-8(12(13,14)15)5-9(10)11(16)17-18/h3-5,7H,6H2,1-2H3,(H2,16,17). The zero-order chi connectivity index (χ0) is 13.5. The van der Waals surface area contributed by atoms with Crippen LogP contribution >= 0.6 is 0 Å². The van der Waals surface area contributed by atoms with Crippen molar-refractivity contribution in [3.63, 3.8) is 0 Å². The summed E-state index contributed by atoms with van der Waals surface area (Å²) in [7, 11) is 0. The van der Waals surface area contributed by atoms with Gasteiger partial charge < -0.3 is 5.73 Å². The first-order chi connectivity index (χ1) is 8.29. The molecule has 0 unspecified atom stereocenters. The molecule has 2 aromatic rings. The molecule has 0 aliphatic heterocycles. The summed E-state index contributed by atoms with van der Waals surface area (Å²) >= 11 is 0. The lowest BCUT2D eigenvalue weighted by molar-refractivity contribution is -0.137. The molecule has 6 heteroatoms. The van der Waals surface area contributed by atoms with Crippen molar-refractivity contribution in [2.75, 3.05) is 5.73 Å². The van der Waals surface area contributed by atoms with E-state index < -0.39 is 11.7 Å². The van der Waals surface area contributed by atoms with Crippen molar-refractivity contribution in [3.05, 3.63) is 23.8 Å². The maximum Gasteiger partial charge on any atom is 0.416 e. The topological polar surface area (TPSA) is 43.8 Å². The molecular weight excluding hydrogens is 243 g/mol. The van der Waals surface area contributed by atoms with Crippen LogP contribution in [0, 0.1) is 5.92 Å². The fraction of sp³-hybridized carbons (Fsp3) is 0.417. The number of alkyl halides is 3. The second-order valence-corrected chi connectivity index (χ2v) is 4.69. The quantitative estimate of drug-likeness (QED) is 0.897. The molecule has 0 atom stereocenters. The predicted molar refractivity (Wildman–Crippen MR) is 64.0 cm³/mol. The van der Waals surface area contributed by atoms with Gasteiger partial charge in [-0.05, 0) is 24.1 Å². The fourth-order valence-corrected chi connectivity index (χ4v) is 1.87. The molecule has 18 heavy (non-hydrogen) atoms. The molecule has 0 saturated heterocycles. The van der Waals surface area contributed by atoms with E-state index in [0.717, 1.165) is 12.1 Å². The fourth-order valence-electron chi connectivity index (χ4n) is 1.87. The van der Waals surface area contributed by atoms with Gasteiger partial charge in [0.1, 0.15) is 0 Å². The normalized spacial score (nSPS) is 12.6. The highest BCUT2D eigenvalue weighted by molar-refractivity contribution is 5.89. The highest BCUT2D eigenvalue weighted by Gasteiger charge is 2.31. The monoisotopic (exact) mass is 257 g/mol. The van der Waals surface area contributed by atoms with Crippen molar-refractivity contribution in [2.45, 2.75) is 26.6 Å². The van der Waals surface area contributed by atoms with E-state index in [1.807, 2.05) is 13.8 Å². The van der Waals surface area contributed by atoms with Crippen molar-refractivity contribution in [3.8, 4) is 0 Å². The maximum absolute atomic E-state index is 12.6. The lowest BCUT2D eigenvalue weighted by Crippen LogP contribution is -2.07. The number of nitrogens with zero attached hydrogens (tertiary/aromatic N) is 2. The Labute approximate surface area is 102 Å². The van der Waals surface area contributed by atoms with Gasteiger partial charge in [0.2, 0.25) is 0 Å². The molecule has 1 aromatic carbocycles. The van der Waals surface area contributed by atoms with Gasteiger partial charge in [-0.15, -0.1) is 0 Å². The van der Waals surface area contributed by atoms with E-state index in [1.165, 1.54) is 6.07 Å². The van der Waals surface area contributed by atoms with Gasteiger partial charge in [0.05, 0.1) is 11.1 Å². The van der Waals surface area contributed by atoms with Crippen LogP contribution in [0.5, 0.6) is 0 Å². The number of nitrogen functional groups attached to an aromatic ring is 1. The third-order valence-corrected chi connectivity index (χ3v) is 2.64. The zero-order valence-corrected chi connectivity index (χ0v) is 10.1. The van der Waals surface area contributed by atoms with Gasteiger partial charge in [-0.2, -0.15) is 18.3 Å². The lowest BCUT2D eigenvalue weighted by Gasteiger charge is -2.08. The summed E-state index contributed by atoms with van der Waals surface area (Å²) in [6, 6.07) is 3.53. The van der Waals surface area contributed by atoms with E-state index in [0.29, 0.717) is 23.4 Å². The molecule has 0 fully saturated rings. The van der Waals surface area contributed by atoms with E-state index in [-0.39, 0.29) is 5.82 Å². The molecule has 0 amide bonds. The van der Waals surface area contributed by atoms with Gasteiger partial charge in [0.25, 0.3) is 0 Å². The highest BCUT2D eigenvalue weighted by Crippen LogP contribution is 2.33. The molecule has 1 aromatic heterocycles. The number of hydrogen-bond donors (Lipinski definition) is 1. The average Bonchev–Trinajstić information content (AvgIpc) is 2.53. The van der Waals surface area contributed by atoms with Crippen molar-refractivity contribution in [1.82, 2.24) is 9.78 Å². The smallest absolute Gasteiger partial charge is 0.382 e. The Balaban J connectivity index is 2.55. The Morgan fingerprint density at radius 2 is 2.00 bits per heavy atom. The van der Waals surface area contributed by atoms with Gasteiger partial charge in [0, 0.05) is 11.9 Å². The van der Waals surface area contributed by atoms with E-state index in [4.69, 9.17) is 5.73 Å². The van der Waals surface area contributed by atoms with Crippen LogP contribution in [-0.2, 0) is 12.7 Å². The summed E-state index contributed by atoms with van der Waals surface area (Å²) in [5.74, 6) is 0.478. The molecule has 0 radical (unpaired) electrons. The Morgan fingerprint density at radius 1 is 1.33 bits per heavy atom. The Morgan fingerprint density at radius 3 is 2.56 bits per heavy atom. The Bertz CT molecular complexity index is 570. The minimum atomic E-state index is -4.36. The molecule has 2 rings (SSSR count). The van der Waals surface area contributed by atoms with E-state index in [1.54, 1.807) is 4.68 Å². The number of benzene rings is 1. The SMILES string of the molecule is CC(C)Cn1nc(N)c2cc(C(F)(F)F)ccc21. The maximum atomic E-state index is 12.6. The van der Waals surface area contributed by atoms with Gasteiger partial charge in [-0.1, -0.05) is 13.8 Å². The first-order valence-corrected chi connectivity index (χ1v) is 5.62. The van der Waals surface area contributed by atoms with Crippen molar-refractivity contribution >= 4 is 16.7 Å². The number of rotatable bonds is 2. The summed E-state index contributed by atoms with van der Waals surface area (Å²) < 4.78 is 39.4. The summed E-state index contributed by atoms with van der Waals surface area (Å²) in [5.41, 5.74) is 5.60. The summed E-state index contributed by atoms with van der Waals surface area (Å²) in [4.78, 5) is 0. The van der Waals surface area contributed by atoms with Crippen LogP contribution in [-0.4, -0.2) is 9.78 Å². The second kappa shape index (κ2) is 4.19. The van der Waals surface area contributed by atoms with Crippen molar-refractivity contribution in [1.29, 1.82) is 0 Å². The Hall–Kier alpha value is -1.72. The van der Waals surface area contributed by atoms with Crippen LogP contribution in [0.25, 0.3) is 10.9 Å². The molecule has 0 aliphatic rings. The molecule has 0 bridgehead atoms. The van der Waals surface area contributed by atoms with Gasteiger partial charge >= 0.3 is 6.18 Å². The average molecular weight is 257 g/mol. The number of anilines is 1. The third-order valence-electron chi connectivity index (χ3n) is 2.64. The minimum absolute atomic E-state index is 0.136. The van der Waals surface area contributed by atoms with E-state index in [9.17, 15) is 13.2 Å². The number of hydrogen-bond acceptors (Lipinski definition) is 2. The first kappa shape index (κ1) is 12.7. The van der Waals surface area contributed by atoms with Crippen LogP contribution in [0.4, 0.5) is 19.0 Å². The molecule has 98 valence electrons. The minimum Gasteiger partial charge on any atom is -0.382 e. The van der Waals surface area contributed by atoms with Gasteiger partial charge in [-0.25, -0.2) is 0 Å². The number of fused-ring (bicyclic) bond motifs is 1. The van der Waals surface area contributed by atoms with Crippen molar-refractivity contribution < 1.29 is 13.2 Å². The van der Waals surface area contributed by atoms with Crippen LogP contribution < -0.4 is 5.73 Å². The summed E-state index contributed by atoms with van der Waals surface area (Å²) in [6.07, 6.45) is -4.36. The third kappa shape index (κ3) is 2.27. The molecule has 0 spiro atoms. The van der Waals surface area contributed by atoms with Crippen LogP contribution in [0.3, 0.4) is 0 Å². The molecule has 3 nitrogen and oxygen atoms in total. The molecule has 2 N–H and O–H groups in total. The number of aromatic nitrogens is 2. The zero-order valence-electron chi connectivity index (χ0n) is 10.1. The van der Waals surface area contributed by atoms with Crippen molar-refractivity contribution in [2.24, 2.45) is 5.92 Å².